The summed E-state index contributed by atoms with van der Waals surface area (Å²) in [6.07, 6.45) is 0. The summed E-state index contributed by atoms with van der Waals surface area (Å²) in [6, 6.07) is 12.3. The molecule has 8 heteroatoms. The molecule has 27 heavy (non-hydrogen) atoms. The van der Waals surface area contributed by atoms with Crippen LogP contribution in [0.2, 0.25) is 0 Å². The number of hydrogen-bond donors (Lipinski definition) is 1. The molecule has 0 saturated carbocycles. The normalized spacial score (nSPS) is 10.3. The van der Waals surface area contributed by atoms with E-state index in [1.54, 1.807) is 25.3 Å². The molecule has 0 unspecified atom stereocenters. The fourth-order valence-corrected chi connectivity index (χ4v) is 2.50. The molecule has 0 radical (unpaired) electrons. The first-order chi connectivity index (χ1) is 13.2. The van der Waals surface area contributed by atoms with E-state index in [0.29, 0.717) is 34.2 Å². The Morgan fingerprint density at radius 3 is 2.48 bits per heavy atom. The zero-order valence-corrected chi connectivity index (χ0v) is 15.2. The number of methoxy groups -OCH3 is 3. The monoisotopic (exact) mass is 369 g/mol. The van der Waals surface area contributed by atoms with Crippen LogP contribution in [-0.2, 0) is 6.54 Å². The minimum atomic E-state index is -0.298. The van der Waals surface area contributed by atoms with E-state index in [-0.39, 0.29) is 18.3 Å². The minimum absolute atomic E-state index is 0.0926. The average Bonchev–Trinajstić information content (AvgIpc) is 3.20. The van der Waals surface area contributed by atoms with E-state index in [1.807, 2.05) is 24.3 Å². The number of rotatable bonds is 7. The molecule has 1 amide bonds. The summed E-state index contributed by atoms with van der Waals surface area (Å²) in [7, 11) is 4.62. The largest absolute Gasteiger partial charge is 0.496 e. The van der Waals surface area contributed by atoms with Gasteiger partial charge in [-0.2, -0.15) is 4.98 Å². The number of benzene rings is 2. The Labute approximate surface area is 156 Å². The standard InChI is InChI=1S/C19H19N3O5/c1-24-14-7-5-4-6-13(14)18-21-17(27-22-18)11-20-19(23)12-8-9-15(25-2)16(10-12)26-3/h4-10H,11H2,1-3H3,(H,20,23). The molecule has 0 atom stereocenters. The Morgan fingerprint density at radius 2 is 1.74 bits per heavy atom. The molecule has 0 aliphatic heterocycles. The van der Waals surface area contributed by atoms with Crippen molar-refractivity contribution < 1.29 is 23.5 Å². The van der Waals surface area contributed by atoms with Gasteiger partial charge >= 0.3 is 0 Å². The van der Waals surface area contributed by atoms with E-state index >= 15 is 0 Å². The molecule has 1 N–H and O–H groups in total. The second-order valence-corrected chi connectivity index (χ2v) is 5.46. The van der Waals surface area contributed by atoms with E-state index in [0.717, 1.165) is 0 Å². The summed E-state index contributed by atoms with van der Waals surface area (Å²) < 4.78 is 20.9. The SMILES string of the molecule is COc1ccc(C(=O)NCc2nc(-c3ccccc3OC)no2)cc1OC. The van der Waals surface area contributed by atoms with E-state index in [2.05, 4.69) is 15.5 Å². The van der Waals surface area contributed by atoms with Gasteiger partial charge in [0, 0.05) is 5.56 Å². The van der Waals surface area contributed by atoms with Crippen LogP contribution in [0.15, 0.2) is 47.0 Å². The Balaban J connectivity index is 1.69. The molecule has 1 aromatic heterocycles. The molecule has 0 aliphatic rings. The van der Waals surface area contributed by atoms with Gasteiger partial charge in [0.2, 0.25) is 11.7 Å². The van der Waals surface area contributed by atoms with E-state index in [1.165, 1.54) is 14.2 Å². The molecule has 0 spiro atoms. The molecule has 0 fully saturated rings. The molecular formula is C19H19N3O5. The number of amides is 1. The highest BCUT2D eigenvalue weighted by atomic mass is 16.5. The van der Waals surface area contributed by atoms with Gasteiger partial charge in [0.05, 0.1) is 33.4 Å². The summed E-state index contributed by atoms with van der Waals surface area (Å²) in [6.45, 7) is 0.0926. The smallest absolute Gasteiger partial charge is 0.251 e. The summed E-state index contributed by atoms with van der Waals surface area (Å²) >= 11 is 0. The van der Waals surface area contributed by atoms with Crippen molar-refractivity contribution in [1.29, 1.82) is 0 Å². The van der Waals surface area contributed by atoms with Gasteiger partial charge in [-0.05, 0) is 30.3 Å². The zero-order chi connectivity index (χ0) is 19.2. The number of carbonyl (C=O) groups excluding carboxylic acids is 1. The number of ether oxygens (including phenoxy) is 3. The lowest BCUT2D eigenvalue weighted by atomic mass is 10.2. The number of carbonyl (C=O) groups is 1. The van der Waals surface area contributed by atoms with Gasteiger partial charge < -0.3 is 24.1 Å². The Hall–Kier alpha value is -3.55. The second kappa shape index (κ2) is 8.22. The second-order valence-electron chi connectivity index (χ2n) is 5.46. The molecule has 0 saturated heterocycles. The Bertz CT molecular complexity index is 939. The van der Waals surface area contributed by atoms with Gasteiger partial charge in [0.25, 0.3) is 5.91 Å². The fraction of sp³-hybridized carbons (Fsp3) is 0.211. The lowest BCUT2D eigenvalue weighted by Crippen LogP contribution is -2.23. The number of nitrogens with one attached hydrogen (secondary N) is 1. The highest BCUT2D eigenvalue weighted by molar-refractivity contribution is 5.94. The molecule has 3 aromatic rings. The van der Waals surface area contributed by atoms with Gasteiger partial charge in [-0.3, -0.25) is 4.79 Å². The predicted octanol–water partition coefficient (Wildman–Crippen LogP) is 2.69. The van der Waals surface area contributed by atoms with E-state index in [4.69, 9.17) is 18.7 Å². The highest BCUT2D eigenvalue weighted by Gasteiger charge is 2.15. The van der Waals surface area contributed by atoms with Crippen molar-refractivity contribution in [2.24, 2.45) is 0 Å². The molecule has 3 rings (SSSR count). The quantitative estimate of drug-likeness (QED) is 0.684. The van der Waals surface area contributed by atoms with Crippen LogP contribution in [0.5, 0.6) is 17.2 Å². The Kier molecular flexibility index (Phi) is 5.55. The topological polar surface area (TPSA) is 95.7 Å². The maximum Gasteiger partial charge on any atom is 0.251 e. The maximum absolute atomic E-state index is 12.3. The van der Waals surface area contributed by atoms with Crippen molar-refractivity contribution in [2.75, 3.05) is 21.3 Å². The third-order valence-electron chi connectivity index (χ3n) is 3.86. The van der Waals surface area contributed by atoms with Crippen molar-refractivity contribution in [2.45, 2.75) is 6.54 Å². The summed E-state index contributed by atoms with van der Waals surface area (Å²) in [4.78, 5) is 16.6. The predicted molar refractivity (Wildman–Crippen MR) is 97.0 cm³/mol. The fourth-order valence-electron chi connectivity index (χ4n) is 2.50. The Morgan fingerprint density at radius 1 is 1.00 bits per heavy atom. The molecule has 140 valence electrons. The zero-order valence-electron chi connectivity index (χ0n) is 15.2. The van der Waals surface area contributed by atoms with Gasteiger partial charge in [-0.1, -0.05) is 17.3 Å². The number of para-hydroxylation sites is 1. The van der Waals surface area contributed by atoms with Crippen LogP contribution >= 0.6 is 0 Å². The van der Waals surface area contributed by atoms with Crippen LogP contribution in [-0.4, -0.2) is 37.4 Å². The first-order valence-corrected chi connectivity index (χ1v) is 8.12. The molecule has 8 nitrogen and oxygen atoms in total. The lowest BCUT2D eigenvalue weighted by molar-refractivity contribution is 0.0946. The van der Waals surface area contributed by atoms with Crippen LogP contribution in [0, 0.1) is 0 Å². The van der Waals surface area contributed by atoms with Crippen LogP contribution in [0.4, 0.5) is 0 Å². The third kappa shape index (κ3) is 4.00. The van der Waals surface area contributed by atoms with Crippen LogP contribution in [0.1, 0.15) is 16.2 Å². The molecule has 2 aromatic carbocycles. The molecule has 1 heterocycles. The van der Waals surface area contributed by atoms with Crippen molar-refractivity contribution in [1.82, 2.24) is 15.5 Å². The van der Waals surface area contributed by atoms with Crippen LogP contribution in [0.25, 0.3) is 11.4 Å². The number of nitrogens with zero attached hydrogens (tertiary/aromatic N) is 2. The summed E-state index contributed by atoms with van der Waals surface area (Å²) in [5.41, 5.74) is 1.14. The average molecular weight is 369 g/mol. The van der Waals surface area contributed by atoms with Crippen molar-refractivity contribution >= 4 is 5.91 Å². The van der Waals surface area contributed by atoms with E-state index in [9.17, 15) is 4.79 Å². The van der Waals surface area contributed by atoms with Crippen molar-refractivity contribution in [3.8, 4) is 28.6 Å². The van der Waals surface area contributed by atoms with Crippen molar-refractivity contribution in [3.05, 3.63) is 53.9 Å². The molecule has 0 aliphatic carbocycles. The van der Waals surface area contributed by atoms with Gasteiger partial charge in [0.1, 0.15) is 5.75 Å². The summed E-state index contributed by atoms with van der Waals surface area (Å²) in [5.74, 6) is 2.04. The number of aromatic nitrogens is 2. The minimum Gasteiger partial charge on any atom is -0.496 e. The summed E-state index contributed by atoms with van der Waals surface area (Å²) in [5, 5.41) is 6.68. The molecule has 0 bridgehead atoms. The molecular weight excluding hydrogens is 350 g/mol. The van der Waals surface area contributed by atoms with Gasteiger partial charge in [0.15, 0.2) is 11.5 Å². The first-order valence-electron chi connectivity index (χ1n) is 8.12. The third-order valence-corrected chi connectivity index (χ3v) is 3.86. The number of hydrogen-bond acceptors (Lipinski definition) is 7. The van der Waals surface area contributed by atoms with Gasteiger partial charge in [-0.15, -0.1) is 0 Å². The van der Waals surface area contributed by atoms with Crippen molar-refractivity contribution in [3.63, 3.8) is 0 Å². The van der Waals surface area contributed by atoms with Gasteiger partial charge in [-0.25, -0.2) is 0 Å². The maximum atomic E-state index is 12.3. The highest BCUT2D eigenvalue weighted by Crippen LogP contribution is 2.28. The first kappa shape index (κ1) is 18.2. The van der Waals surface area contributed by atoms with Crippen LogP contribution in [0.3, 0.4) is 0 Å². The lowest BCUT2D eigenvalue weighted by Gasteiger charge is -2.09. The van der Waals surface area contributed by atoms with E-state index < -0.39 is 0 Å². The van der Waals surface area contributed by atoms with Crippen LogP contribution < -0.4 is 19.5 Å².